The average molecular weight is 626 g/mol. The van der Waals surface area contributed by atoms with Gasteiger partial charge in [0.05, 0.1) is 36.8 Å². The molecule has 1 saturated carbocycles. The molecule has 11 heteroatoms. The van der Waals surface area contributed by atoms with Crippen LogP contribution >= 0.6 is 0 Å². The Kier molecular flexibility index (Phi) is 9.69. The molecule has 45 heavy (non-hydrogen) atoms. The van der Waals surface area contributed by atoms with Crippen LogP contribution in [0.5, 0.6) is 0 Å². The van der Waals surface area contributed by atoms with Crippen molar-refractivity contribution in [3.05, 3.63) is 89.5 Å². The Morgan fingerprint density at radius 3 is 2.51 bits per heavy atom. The van der Waals surface area contributed by atoms with Gasteiger partial charge in [0, 0.05) is 49.8 Å². The molecule has 2 atom stereocenters. The molecule has 1 aromatic heterocycles. The zero-order valence-electron chi connectivity index (χ0n) is 25.8. The molecule has 3 heterocycles. The summed E-state index contributed by atoms with van der Waals surface area (Å²) in [5.74, 6) is 0. The monoisotopic (exact) mass is 625 g/mol. The third-order valence-corrected chi connectivity index (χ3v) is 9.64. The van der Waals surface area contributed by atoms with Gasteiger partial charge in [-0.15, -0.1) is 0 Å². The zero-order chi connectivity index (χ0) is 32.2. The van der Waals surface area contributed by atoms with Crippen LogP contribution < -0.4 is 5.56 Å². The first-order valence-electron chi connectivity index (χ1n) is 15.6. The highest BCUT2D eigenvalue weighted by atomic mass is 19.4. The summed E-state index contributed by atoms with van der Waals surface area (Å²) in [7, 11) is 0. The van der Waals surface area contributed by atoms with E-state index in [2.05, 4.69) is 11.6 Å². The summed E-state index contributed by atoms with van der Waals surface area (Å²) in [6, 6.07) is 10.0. The Labute approximate surface area is 262 Å². The van der Waals surface area contributed by atoms with Gasteiger partial charge in [-0.25, -0.2) is 9.78 Å². The second kappa shape index (κ2) is 13.3. The quantitative estimate of drug-likeness (QED) is 0.425. The number of nitrogens with zero attached hydrogens (tertiary/aromatic N) is 5. The molecule has 2 aliphatic heterocycles. The SMILES string of the molecule is C=C(/C=C\C=C/C)[C@@H]1CN(CC(F)(F)F)CCN1C(=O)N1CC[C@@](O)(Cn2cnc(-c3ccccc3)cc2=O)C2(CCCC2)C1. The van der Waals surface area contributed by atoms with Gasteiger partial charge >= 0.3 is 12.2 Å². The highest BCUT2D eigenvalue weighted by molar-refractivity contribution is 5.76. The minimum absolute atomic E-state index is 0.0298. The van der Waals surface area contributed by atoms with Crippen LogP contribution in [0.25, 0.3) is 11.3 Å². The van der Waals surface area contributed by atoms with Crippen molar-refractivity contribution in [3.8, 4) is 11.3 Å². The predicted octanol–water partition coefficient (Wildman–Crippen LogP) is 5.26. The molecule has 0 radical (unpaired) electrons. The maximum absolute atomic E-state index is 14.1. The summed E-state index contributed by atoms with van der Waals surface area (Å²) in [4.78, 5) is 36.5. The van der Waals surface area contributed by atoms with Gasteiger partial charge in [0.25, 0.3) is 5.56 Å². The molecule has 1 aromatic carbocycles. The summed E-state index contributed by atoms with van der Waals surface area (Å²) in [5, 5.41) is 12.2. The van der Waals surface area contributed by atoms with E-state index >= 15 is 0 Å². The van der Waals surface area contributed by atoms with E-state index in [9.17, 15) is 27.9 Å². The lowest BCUT2D eigenvalue weighted by Crippen LogP contribution is -2.65. The van der Waals surface area contributed by atoms with Crippen LogP contribution in [0.3, 0.4) is 0 Å². The molecule has 2 aromatic rings. The fraction of sp³-hybridized carbons (Fsp3) is 0.500. The molecular weight excluding hydrogens is 583 g/mol. The average Bonchev–Trinajstić information content (AvgIpc) is 3.49. The van der Waals surface area contributed by atoms with Crippen LogP contribution in [-0.2, 0) is 6.54 Å². The Balaban J connectivity index is 1.35. The maximum Gasteiger partial charge on any atom is 0.401 e. The number of hydrogen-bond acceptors (Lipinski definition) is 5. The lowest BCUT2D eigenvalue weighted by atomic mass is 9.66. The molecule has 3 aliphatic rings. The van der Waals surface area contributed by atoms with E-state index in [-0.39, 0.29) is 50.7 Å². The number of halogens is 3. The largest absolute Gasteiger partial charge is 0.401 e. The second-order valence-electron chi connectivity index (χ2n) is 12.6. The van der Waals surface area contributed by atoms with E-state index in [1.165, 1.54) is 21.9 Å². The molecule has 1 spiro atoms. The highest BCUT2D eigenvalue weighted by Crippen LogP contribution is 2.51. The summed E-state index contributed by atoms with van der Waals surface area (Å²) < 4.78 is 41.2. The van der Waals surface area contributed by atoms with Gasteiger partial charge in [-0.2, -0.15) is 13.2 Å². The number of benzene rings is 1. The Morgan fingerprint density at radius 1 is 1.11 bits per heavy atom. The van der Waals surface area contributed by atoms with Gasteiger partial charge in [-0.3, -0.25) is 14.3 Å². The summed E-state index contributed by atoms with van der Waals surface area (Å²) in [6.07, 6.45) is 7.78. The Morgan fingerprint density at radius 2 is 1.84 bits per heavy atom. The molecule has 0 bridgehead atoms. The van der Waals surface area contributed by atoms with E-state index in [0.717, 1.165) is 18.4 Å². The van der Waals surface area contributed by atoms with Crippen molar-refractivity contribution in [2.24, 2.45) is 5.41 Å². The van der Waals surface area contributed by atoms with Crippen LogP contribution in [0.15, 0.2) is 84.0 Å². The van der Waals surface area contributed by atoms with Gasteiger partial charge in [0.1, 0.15) is 0 Å². The molecule has 1 aliphatic carbocycles. The number of carbonyl (C=O) groups excluding carboxylic acids is 1. The number of hydrogen-bond donors (Lipinski definition) is 1. The molecule has 2 saturated heterocycles. The van der Waals surface area contributed by atoms with Crippen molar-refractivity contribution < 1.29 is 23.1 Å². The zero-order valence-corrected chi connectivity index (χ0v) is 25.8. The molecule has 2 amide bonds. The van der Waals surface area contributed by atoms with E-state index in [4.69, 9.17) is 0 Å². The first kappa shape index (κ1) is 32.7. The number of piperazine rings is 1. The van der Waals surface area contributed by atoms with Crippen molar-refractivity contribution >= 4 is 6.03 Å². The Hall–Kier alpha value is -3.70. The number of aromatic nitrogens is 2. The topological polar surface area (TPSA) is 81.9 Å². The van der Waals surface area contributed by atoms with Crippen molar-refractivity contribution in [2.45, 2.75) is 63.4 Å². The molecule has 0 unspecified atom stereocenters. The van der Waals surface area contributed by atoms with E-state index < -0.39 is 29.8 Å². The standard InChI is InChI=1S/C34H42F3N5O3/c1-3-4-6-11-26(2)29-21-39(24-34(35,36)37)18-19-42(29)31(44)40-17-16-33(45,32(22-40)14-9-10-15-32)23-41-25-38-28(20-30(41)43)27-12-7-5-8-13-27/h3-8,11-13,20,25,29,45H,2,9-10,14-19,21-24H2,1H3/b4-3-,11-6-/t29-,33+/m0/s1. The molecule has 5 rings (SSSR count). The molecular formula is C34H42F3N5O3. The third-order valence-electron chi connectivity index (χ3n) is 9.64. The van der Waals surface area contributed by atoms with E-state index in [0.29, 0.717) is 30.7 Å². The number of alkyl halides is 3. The number of urea groups is 1. The number of aliphatic hydroxyl groups is 1. The minimum atomic E-state index is -4.34. The van der Waals surface area contributed by atoms with Crippen LogP contribution in [0.2, 0.25) is 0 Å². The number of allylic oxidation sites excluding steroid dienone is 3. The smallest absolute Gasteiger partial charge is 0.387 e. The van der Waals surface area contributed by atoms with Gasteiger partial charge in [0.15, 0.2) is 0 Å². The minimum Gasteiger partial charge on any atom is -0.387 e. The van der Waals surface area contributed by atoms with Crippen LogP contribution in [0, 0.1) is 5.41 Å². The lowest BCUT2D eigenvalue weighted by Gasteiger charge is -2.53. The summed E-state index contributed by atoms with van der Waals surface area (Å²) >= 11 is 0. The number of likely N-dealkylation sites (tertiary alicyclic amines) is 1. The number of rotatable bonds is 7. The highest BCUT2D eigenvalue weighted by Gasteiger charge is 2.56. The van der Waals surface area contributed by atoms with Gasteiger partial charge in [-0.1, -0.05) is 74.1 Å². The van der Waals surface area contributed by atoms with Crippen molar-refractivity contribution in [1.82, 2.24) is 24.3 Å². The molecule has 242 valence electrons. The van der Waals surface area contributed by atoms with Crippen LogP contribution in [-0.4, -0.2) is 92.5 Å². The predicted molar refractivity (Wildman–Crippen MR) is 167 cm³/mol. The normalized spacial score (nSPS) is 24.2. The third kappa shape index (κ3) is 7.25. The van der Waals surface area contributed by atoms with Gasteiger partial charge in [0.2, 0.25) is 0 Å². The molecule has 8 nitrogen and oxygen atoms in total. The van der Waals surface area contributed by atoms with Gasteiger partial charge < -0.3 is 14.9 Å². The maximum atomic E-state index is 14.1. The van der Waals surface area contributed by atoms with E-state index in [1.54, 1.807) is 28.0 Å². The van der Waals surface area contributed by atoms with Crippen molar-refractivity contribution in [1.29, 1.82) is 0 Å². The number of carbonyl (C=O) groups is 1. The molecule has 1 N–H and O–H groups in total. The van der Waals surface area contributed by atoms with E-state index in [1.807, 2.05) is 43.3 Å². The second-order valence-corrected chi connectivity index (χ2v) is 12.6. The van der Waals surface area contributed by atoms with Crippen molar-refractivity contribution in [2.75, 3.05) is 39.3 Å². The van der Waals surface area contributed by atoms with Gasteiger partial charge in [-0.05, 0) is 31.8 Å². The summed E-state index contributed by atoms with van der Waals surface area (Å²) in [5.41, 5.74) is -0.154. The number of piperidine rings is 1. The van der Waals surface area contributed by atoms with Crippen LogP contribution in [0.1, 0.15) is 39.0 Å². The van der Waals surface area contributed by atoms with Crippen molar-refractivity contribution in [3.63, 3.8) is 0 Å². The lowest BCUT2D eigenvalue weighted by molar-refractivity contribution is -0.150. The van der Waals surface area contributed by atoms with Crippen LogP contribution in [0.4, 0.5) is 18.0 Å². The summed E-state index contributed by atoms with van der Waals surface area (Å²) in [6.45, 7) is 5.84. The molecule has 3 fully saturated rings. The number of amides is 2. The fourth-order valence-corrected chi connectivity index (χ4v) is 7.22. The first-order valence-corrected chi connectivity index (χ1v) is 15.6. The Bertz CT molecular complexity index is 1480. The first-order chi connectivity index (χ1) is 21.4. The fourth-order valence-electron chi connectivity index (χ4n) is 7.22.